The largest absolute Gasteiger partial charge is 0.378 e. The predicted octanol–water partition coefficient (Wildman–Crippen LogP) is 4.21. The van der Waals surface area contributed by atoms with Gasteiger partial charge >= 0.3 is 6.03 Å². The first-order valence-electron chi connectivity index (χ1n) is 9.02. The number of ether oxygens (including phenoxy) is 1. The Labute approximate surface area is 149 Å². The molecule has 1 aliphatic heterocycles. The molecule has 2 heterocycles. The summed E-state index contributed by atoms with van der Waals surface area (Å²) in [6.45, 7) is 3.66. The highest BCUT2D eigenvalue weighted by atomic mass is 16.5. The summed E-state index contributed by atoms with van der Waals surface area (Å²) in [6, 6.07) is 9.88. The molecule has 0 spiro atoms. The molecule has 1 aliphatic rings. The van der Waals surface area contributed by atoms with Gasteiger partial charge in [-0.05, 0) is 62.4 Å². The lowest BCUT2D eigenvalue weighted by Gasteiger charge is -2.20. The van der Waals surface area contributed by atoms with Gasteiger partial charge in [0.15, 0.2) is 0 Å². The van der Waals surface area contributed by atoms with Gasteiger partial charge in [0.05, 0.1) is 6.10 Å². The third kappa shape index (κ3) is 4.42. The molecule has 1 fully saturated rings. The number of hydrogen-bond donors (Lipinski definition) is 1. The molecular weight excluding hydrogens is 314 g/mol. The second-order valence-corrected chi connectivity index (χ2v) is 6.67. The van der Waals surface area contributed by atoms with Crippen molar-refractivity contribution in [3.63, 3.8) is 0 Å². The number of hydrogen-bond acceptors (Lipinski definition) is 2. The molecule has 5 heteroatoms. The number of rotatable bonds is 6. The summed E-state index contributed by atoms with van der Waals surface area (Å²) >= 11 is 0. The molecule has 1 N–H and O–H groups in total. The molecule has 0 radical (unpaired) electrons. The Morgan fingerprint density at radius 2 is 2.12 bits per heavy atom. The lowest BCUT2D eigenvalue weighted by Crippen LogP contribution is -2.32. The SMILES string of the molecule is Cc1c(NC(=O)N(C)CCC[C@H]2CCCO2)cccc1-n1cccc1. The van der Waals surface area contributed by atoms with Crippen LogP contribution in [0.2, 0.25) is 0 Å². The molecule has 0 bridgehead atoms. The molecule has 1 aromatic carbocycles. The van der Waals surface area contributed by atoms with E-state index in [4.69, 9.17) is 4.74 Å². The first kappa shape index (κ1) is 17.5. The van der Waals surface area contributed by atoms with E-state index in [1.54, 1.807) is 4.90 Å². The van der Waals surface area contributed by atoms with E-state index in [2.05, 4.69) is 16.0 Å². The van der Waals surface area contributed by atoms with Crippen molar-refractivity contribution in [2.24, 2.45) is 0 Å². The van der Waals surface area contributed by atoms with Crippen LogP contribution in [0.15, 0.2) is 42.7 Å². The molecule has 1 aromatic heterocycles. The molecule has 5 nitrogen and oxygen atoms in total. The van der Waals surface area contributed by atoms with Gasteiger partial charge in [0.25, 0.3) is 0 Å². The van der Waals surface area contributed by atoms with Crippen molar-refractivity contribution in [2.45, 2.75) is 38.7 Å². The van der Waals surface area contributed by atoms with E-state index in [-0.39, 0.29) is 6.03 Å². The Kier molecular flexibility index (Phi) is 5.76. The molecule has 1 saturated heterocycles. The van der Waals surface area contributed by atoms with Crippen LogP contribution in [0.3, 0.4) is 0 Å². The molecule has 2 aromatic rings. The zero-order valence-corrected chi connectivity index (χ0v) is 15.1. The number of urea groups is 1. The minimum atomic E-state index is -0.0694. The maximum atomic E-state index is 12.5. The number of nitrogens with one attached hydrogen (secondary N) is 1. The van der Waals surface area contributed by atoms with E-state index in [0.717, 1.165) is 55.8 Å². The third-order valence-electron chi connectivity index (χ3n) is 4.82. The van der Waals surface area contributed by atoms with E-state index in [9.17, 15) is 4.79 Å². The molecule has 25 heavy (non-hydrogen) atoms. The lowest BCUT2D eigenvalue weighted by molar-refractivity contribution is 0.101. The minimum Gasteiger partial charge on any atom is -0.378 e. The van der Waals surface area contributed by atoms with Crippen molar-refractivity contribution in [1.82, 2.24) is 9.47 Å². The normalized spacial score (nSPS) is 16.8. The molecule has 0 saturated carbocycles. The summed E-state index contributed by atoms with van der Waals surface area (Å²) in [7, 11) is 1.84. The summed E-state index contributed by atoms with van der Waals surface area (Å²) in [5, 5.41) is 3.03. The topological polar surface area (TPSA) is 46.5 Å². The molecule has 2 amide bonds. The maximum Gasteiger partial charge on any atom is 0.321 e. The average molecular weight is 341 g/mol. The van der Waals surface area contributed by atoms with Gasteiger partial charge in [-0.15, -0.1) is 0 Å². The van der Waals surface area contributed by atoms with Crippen molar-refractivity contribution < 1.29 is 9.53 Å². The second kappa shape index (κ2) is 8.21. The Balaban J connectivity index is 1.56. The van der Waals surface area contributed by atoms with Gasteiger partial charge < -0.3 is 19.5 Å². The van der Waals surface area contributed by atoms with Crippen LogP contribution in [0.5, 0.6) is 0 Å². The number of nitrogens with zero attached hydrogens (tertiary/aromatic N) is 2. The highest BCUT2D eigenvalue weighted by Crippen LogP contribution is 2.23. The zero-order chi connectivity index (χ0) is 17.6. The van der Waals surface area contributed by atoms with E-state index in [1.165, 1.54) is 0 Å². The Bertz CT molecular complexity index is 691. The van der Waals surface area contributed by atoms with Crippen LogP contribution in [0.4, 0.5) is 10.5 Å². The van der Waals surface area contributed by atoms with Gasteiger partial charge in [-0.2, -0.15) is 0 Å². The monoisotopic (exact) mass is 341 g/mol. The molecule has 3 rings (SSSR count). The van der Waals surface area contributed by atoms with E-state index in [1.807, 2.05) is 50.6 Å². The van der Waals surface area contributed by atoms with Crippen molar-refractivity contribution >= 4 is 11.7 Å². The standard InChI is InChI=1S/C20H27N3O2/c1-16-18(10-5-11-19(16)23-13-3-4-14-23)21-20(24)22(2)12-6-8-17-9-7-15-25-17/h3-5,10-11,13-14,17H,6-9,12,15H2,1-2H3,(H,21,24)/t17-/m0/s1. The lowest BCUT2D eigenvalue weighted by atomic mass is 10.1. The van der Waals surface area contributed by atoms with Gasteiger partial charge in [-0.25, -0.2) is 4.79 Å². The maximum absolute atomic E-state index is 12.5. The van der Waals surface area contributed by atoms with E-state index < -0.39 is 0 Å². The van der Waals surface area contributed by atoms with Crippen molar-refractivity contribution in [3.05, 3.63) is 48.3 Å². The second-order valence-electron chi connectivity index (χ2n) is 6.67. The smallest absolute Gasteiger partial charge is 0.321 e. The summed E-state index contributed by atoms with van der Waals surface area (Å²) < 4.78 is 7.69. The quantitative estimate of drug-likeness (QED) is 0.855. The van der Waals surface area contributed by atoms with Crippen LogP contribution in [-0.2, 0) is 4.74 Å². The minimum absolute atomic E-state index is 0.0694. The van der Waals surface area contributed by atoms with Crippen LogP contribution in [0.1, 0.15) is 31.2 Å². The van der Waals surface area contributed by atoms with E-state index >= 15 is 0 Å². The third-order valence-corrected chi connectivity index (χ3v) is 4.82. The molecule has 0 unspecified atom stereocenters. The fourth-order valence-electron chi connectivity index (χ4n) is 3.27. The van der Waals surface area contributed by atoms with Crippen LogP contribution < -0.4 is 5.32 Å². The van der Waals surface area contributed by atoms with Crippen LogP contribution in [-0.4, -0.2) is 41.8 Å². The molecular formula is C20H27N3O2. The summed E-state index contributed by atoms with van der Waals surface area (Å²) in [5.74, 6) is 0. The summed E-state index contributed by atoms with van der Waals surface area (Å²) in [4.78, 5) is 14.2. The van der Waals surface area contributed by atoms with Gasteiger partial charge in [-0.3, -0.25) is 0 Å². The van der Waals surface area contributed by atoms with E-state index in [0.29, 0.717) is 6.10 Å². The highest BCUT2D eigenvalue weighted by Gasteiger charge is 2.16. The Hall–Kier alpha value is -2.27. The number of carbonyl (C=O) groups excluding carboxylic acids is 1. The van der Waals surface area contributed by atoms with Crippen LogP contribution in [0.25, 0.3) is 5.69 Å². The summed E-state index contributed by atoms with van der Waals surface area (Å²) in [6.07, 6.45) is 8.71. The zero-order valence-electron chi connectivity index (χ0n) is 15.1. The predicted molar refractivity (Wildman–Crippen MR) is 100 cm³/mol. The Morgan fingerprint density at radius 3 is 2.84 bits per heavy atom. The van der Waals surface area contributed by atoms with Gasteiger partial charge in [-0.1, -0.05) is 6.07 Å². The van der Waals surface area contributed by atoms with Crippen LogP contribution >= 0.6 is 0 Å². The summed E-state index contributed by atoms with van der Waals surface area (Å²) in [5.41, 5.74) is 2.98. The highest BCUT2D eigenvalue weighted by molar-refractivity contribution is 5.90. The van der Waals surface area contributed by atoms with Gasteiger partial charge in [0.2, 0.25) is 0 Å². The van der Waals surface area contributed by atoms with Crippen molar-refractivity contribution in [2.75, 3.05) is 25.5 Å². The fourth-order valence-corrected chi connectivity index (χ4v) is 3.27. The first-order valence-corrected chi connectivity index (χ1v) is 9.02. The molecule has 1 atom stereocenters. The number of benzene rings is 1. The van der Waals surface area contributed by atoms with Crippen molar-refractivity contribution in [3.8, 4) is 5.69 Å². The number of anilines is 1. The number of carbonyl (C=O) groups is 1. The first-order chi connectivity index (χ1) is 12.1. The van der Waals surface area contributed by atoms with Gasteiger partial charge in [0, 0.05) is 44.0 Å². The number of aromatic nitrogens is 1. The van der Waals surface area contributed by atoms with Crippen molar-refractivity contribution in [1.29, 1.82) is 0 Å². The molecule has 0 aliphatic carbocycles. The number of amides is 2. The Morgan fingerprint density at radius 1 is 1.32 bits per heavy atom. The fraction of sp³-hybridized carbons (Fsp3) is 0.450. The van der Waals surface area contributed by atoms with Crippen LogP contribution in [0, 0.1) is 6.92 Å². The molecule has 134 valence electrons. The van der Waals surface area contributed by atoms with Gasteiger partial charge in [0.1, 0.15) is 0 Å². The average Bonchev–Trinajstić information content (AvgIpc) is 3.30.